The fourth-order valence-corrected chi connectivity index (χ4v) is 5.58. The third-order valence-corrected chi connectivity index (χ3v) is 7.55. The molecule has 2 N–H and O–H groups in total. The van der Waals surface area contributed by atoms with E-state index in [2.05, 4.69) is 15.0 Å². The molecule has 0 aliphatic carbocycles. The van der Waals surface area contributed by atoms with Gasteiger partial charge in [0.05, 0.1) is 32.8 Å². The number of anilines is 1. The number of amides is 1. The summed E-state index contributed by atoms with van der Waals surface area (Å²) in [6.45, 7) is 1.91. The van der Waals surface area contributed by atoms with Crippen LogP contribution in [0.5, 0.6) is 0 Å². The number of nitro groups is 1. The molecule has 0 bridgehead atoms. The van der Waals surface area contributed by atoms with Crippen molar-refractivity contribution >= 4 is 38.6 Å². The summed E-state index contributed by atoms with van der Waals surface area (Å²) in [4.78, 5) is 28.9. The summed E-state index contributed by atoms with van der Waals surface area (Å²) >= 11 is 0. The Bertz CT molecular complexity index is 1560. The van der Waals surface area contributed by atoms with Gasteiger partial charge in [-0.05, 0) is 31.2 Å². The van der Waals surface area contributed by atoms with Crippen LogP contribution < -0.4 is 10.0 Å². The van der Waals surface area contributed by atoms with Gasteiger partial charge in [0.2, 0.25) is 21.9 Å². The van der Waals surface area contributed by atoms with Gasteiger partial charge in [0.25, 0.3) is 5.69 Å². The molecule has 2 unspecified atom stereocenters. The largest absolute Gasteiger partial charge is 0.309 e. The molecule has 178 valence electrons. The second kappa shape index (κ2) is 8.60. The second-order valence-electron chi connectivity index (χ2n) is 8.36. The minimum Gasteiger partial charge on any atom is -0.309 e. The lowest BCUT2D eigenvalue weighted by molar-refractivity contribution is -0.385. The number of hydrogen-bond donors (Lipinski definition) is 2. The van der Waals surface area contributed by atoms with Gasteiger partial charge >= 0.3 is 0 Å². The maximum atomic E-state index is 13.3. The molecule has 0 radical (unpaired) electrons. The number of carbonyl (C=O) groups is 1. The number of fused-ring (bicyclic) bond motifs is 3. The lowest BCUT2D eigenvalue weighted by atomic mass is 9.90. The molecule has 10 nitrogen and oxygen atoms in total. The van der Waals surface area contributed by atoms with Crippen molar-refractivity contribution in [2.45, 2.75) is 24.4 Å². The molecule has 1 aliphatic rings. The summed E-state index contributed by atoms with van der Waals surface area (Å²) in [6.07, 6.45) is 0. The van der Waals surface area contributed by atoms with E-state index in [-0.39, 0.29) is 22.7 Å². The van der Waals surface area contributed by atoms with Crippen molar-refractivity contribution in [2.24, 2.45) is 5.92 Å². The number of carbonyl (C=O) groups excluding carboxylic acids is 1. The van der Waals surface area contributed by atoms with Crippen molar-refractivity contribution in [3.63, 3.8) is 0 Å². The lowest BCUT2D eigenvalue weighted by Crippen LogP contribution is -2.44. The van der Waals surface area contributed by atoms with Crippen molar-refractivity contribution in [1.29, 1.82) is 0 Å². The second-order valence-corrected chi connectivity index (χ2v) is 10.1. The Balaban J connectivity index is 1.62. The van der Waals surface area contributed by atoms with Crippen LogP contribution in [0.2, 0.25) is 0 Å². The molecule has 1 amide bonds. The minimum atomic E-state index is -4.12. The quantitative estimate of drug-likeness (QED) is 0.313. The van der Waals surface area contributed by atoms with E-state index in [0.29, 0.717) is 11.5 Å². The first-order chi connectivity index (χ1) is 16.7. The first kappa shape index (κ1) is 22.7. The topological polar surface area (TPSA) is 136 Å². The zero-order chi connectivity index (χ0) is 24.7. The third kappa shape index (κ3) is 4.15. The number of hydrogen-bond acceptors (Lipinski definition) is 6. The summed E-state index contributed by atoms with van der Waals surface area (Å²) in [6, 6.07) is 18.2. The normalized spacial score (nSPS) is 16.5. The maximum Gasteiger partial charge on any atom is 0.274 e. The molecule has 3 aromatic carbocycles. The van der Waals surface area contributed by atoms with Crippen LogP contribution in [0.3, 0.4) is 0 Å². The number of para-hydroxylation sites is 3. The zero-order valence-corrected chi connectivity index (χ0v) is 19.4. The van der Waals surface area contributed by atoms with E-state index < -0.39 is 32.8 Å². The molecule has 2 atom stereocenters. The lowest BCUT2D eigenvalue weighted by Gasteiger charge is -2.31. The SMILES string of the molecule is Cc1ccc(S(=O)(=O)NC(c2ccccc2[N+](=O)[O-])C2Cn3c(nc4ccccc43)NC2=O)cc1. The van der Waals surface area contributed by atoms with Gasteiger partial charge < -0.3 is 4.57 Å². The Morgan fingerprint density at radius 1 is 1.09 bits per heavy atom. The van der Waals surface area contributed by atoms with Gasteiger partial charge in [-0.25, -0.2) is 18.1 Å². The predicted molar refractivity (Wildman–Crippen MR) is 129 cm³/mol. The number of aryl methyl sites for hydroxylation is 1. The smallest absolute Gasteiger partial charge is 0.274 e. The van der Waals surface area contributed by atoms with Gasteiger partial charge in [0.15, 0.2) is 0 Å². The monoisotopic (exact) mass is 491 g/mol. The molecule has 5 rings (SSSR count). The Kier molecular flexibility index (Phi) is 5.58. The van der Waals surface area contributed by atoms with E-state index in [1.54, 1.807) is 28.8 Å². The molecule has 4 aromatic rings. The molecule has 1 aliphatic heterocycles. The number of rotatable bonds is 6. The van der Waals surface area contributed by atoms with Gasteiger partial charge in [0, 0.05) is 18.2 Å². The molecule has 0 saturated carbocycles. The number of aromatic nitrogens is 2. The highest BCUT2D eigenvalue weighted by atomic mass is 32.2. The van der Waals surface area contributed by atoms with E-state index in [0.717, 1.165) is 11.1 Å². The number of nitro benzene ring substituents is 1. The predicted octanol–water partition coefficient (Wildman–Crippen LogP) is 3.54. The summed E-state index contributed by atoms with van der Waals surface area (Å²) < 4.78 is 31.0. The van der Waals surface area contributed by atoms with Crippen molar-refractivity contribution in [1.82, 2.24) is 14.3 Å². The average molecular weight is 492 g/mol. The molecule has 35 heavy (non-hydrogen) atoms. The first-order valence-corrected chi connectivity index (χ1v) is 12.3. The molecular weight excluding hydrogens is 470 g/mol. The van der Waals surface area contributed by atoms with Gasteiger partial charge in [-0.15, -0.1) is 0 Å². The highest BCUT2D eigenvalue weighted by Gasteiger charge is 2.40. The summed E-state index contributed by atoms with van der Waals surface area (Å²) in [5.74, 6) is -1.13. The van der Waals surface area contributed by atoms with Crippen LogP contribution in [-0.2, 0) is 21.4 Å². The van der Waals surface area contributed by atoms with Crippen LogP contribution >= 0.6 is 0 Å². The number of benzene rings is 3. The molecule has 0 saturated heterocycles. The number of sulfonamides is 1. The Hall–Kier alpha value is -4.09. The van der Waals surface area contributed by atoms with Crippen molar-refractivity contribution in [3.8, 4) is 0 Å². The van der Waals surface area contributed by atoms with E-state index in [1.807, 2.05) is 25.1 Å². The average Bonchev–Trinajstić information content (AvgIpc) is 3.19. The van der Waals surface area contributed by atoms with Crippen molar-refractivity contribution in [3.05, 3.63) is 94.0 Å². The van der Waals surface area contributed by atoms with Crippen LogP contribution in [0.25, 0.3) is 11.0 Å². The van der Waals surface area contributed by atoms with Gasteiger partial charge in [-0.1, -0.05) is 48.0 Å². The van der Waals surface area contributed by atoms with Crippen LogP contribution in [0.4, 0.5) is 11.6 Å². The van der Waals surface area contributed by atoms with Crippen LogP contribution in [-0.4, -0.2) is 28.8 Å². The highest BCUT2D eigenvalue weighted by Crippen LogP contribution is 2.36. The number of nitrogens with one attached hydrogen (secondary N) is 2. The standard InChI is InChI=1S/C24H21N5O5S/c1-15-10-12-16(13-11-15)35(33,34)27-22(17-6-2-4-8-20(17)29(31)32)18-14-28-21-9-5-3-7-19(21)25-24(28)26-23(18)30/h2-13,18,22,27H,14H2,1H3,(H,25,26,30). The van der Waals surface area contributed by atoms with Crippen LogP contribution in [0, 0.1) is 23.0 Å². The third-order valence-electron chi connectivity index (χ3n) is 6.09. The van der Waals surface area contributed by atoms with Gasteiger partial charge in [0.1, 0.15) is 0 Å². The summed E-state index contributed by atoms with van der Waals surface area (Å²) in [7, 11) is -4.12. The number of imidazole rings is 1. The molecule has 11 heteroatoms. The van der Waals surface area contributed by atoms with E-state index in [1.165, 1.54) is 30.3 Å². The number of nitrogens with zero attached hydrogens (tertiary/aromatic N) is 3. The minimum absolute atomic E-state index is 0.00308. The zero-order valence-electron chi connectivity index (χ0n) is 18.6. The first-order valence-electron chi connectivity index (χ1n) is 10.8. The van der Waals surface area contributed by atoms with E-state index >= 15 is 0 Å². The van der Waals surface area contributed by atoms with Gasteiger partial charge in [-0.2, -0.15) is 0 Å². The summed E-state index contributed by atoms with van der Waals surface area (Å²) in [5.41, 5.74) is 2.13. The molecule has 0 fully saturated rings. The highest BCUT2D eigenvalue weighted by molar-refractivity contribution is 7.89. The Labute approximate surface area is 200 Å². The van der Waals surface area contributed by atoms with Crippen molar-refractivity contribution in [2.75, 3.05) is 5.32 Å². The summed E-state index contributed by atoms with van der Waals surface area (Å²) in [5, 5.41) is 14.5. The van der Waals surface area contributed by atoms with Crippen LogP contribution in [0.15, 0.2) is 77.7 Å². The Morgan fingerprint density at radius 2 is 1.77 bits per heavy atom. The maximum absolute atomic E-state index is 13.3. The Morgan fingerprint density at radius 3 is 2.51 bits per heavy atom. The fourth-order valence-electron chi connectivity index (χ4n) is 4.33. The van der Waals surface area contributed by atoms with E-state index in [9.17, 15) is 23.3 Å². The fraction of sp³-hybridized carbons (Fsp3) is 0.167. The molecule has 1 aromatic heterocycles. The molecule has 2 heterocycles. The van der Waals surface area contributed by atoms with Gasteiger partial charge in [-0.3, -0.25) is 20.2 Å². The molecule has 0 spiro atoms. The molecular formula is C24H21N5O5S. The van der Waals surface area contributed by atoms with Crippen LogP contribution in [0.1, 0.15) is 17.2 Å². The van der Waals surface area contributed by atoms with E-state index in [4.69, 9.17) is 0 Å². The van der Waals surface area contributed by atoms with Crippen molar-refractivity contribution < 1.29 is 18.1 Å².